The van der Waals surface area contributed by atoms with Gasteiger partial charge in [-0.2, -0.15) is 5.10 Å². The van der Waals surface area contributed by atoms with Crippen molar-refractivity contribution in [2.24, 2.45) is 5.92 Å². The van der Waals surface area contributed by atoms with Crippen molar-refractivity contribution in [3.8, 4) is 0 Å². The van der Waals surface area contributed by atoms with E-state index in [-0.39, 0.29) is 6.04 Å². The molecule has 1 unspecified atom stereocenters. The van der Waals surface area contributed by atoms with Crippen LogP contribution in [0.4, 0.5) is 0 Å². The molecule has 0 spiro atoms. The van der Waals surface area contributed by atoms with Gasteiger partial charge in [0, 0.05) is 18.3 Å². The normalized spacial score (nSPS) is 34.7. The molecule has 2 bridgehead atoms. The molecule has 1 aromatic rings. The molecule has 0 amide bonds. The first-order chi connectivity index (χ1) is 7.34. The van der Waals surface area contributed by atoms with Crippen LogP contribution in [0.25, 0.3) is 0 Å². The van der Waals surface area contributed by atoms with Gasteiger partial charge in [0.05, 0.1) is 12.6 Å². The number of hydrogen-bond acceptors (Lipinski definition) is 3. The molecular formula is C11H15N3O. The summed E-state index contributed by atoms with van der Waals surface area (Å²) in [5, 5.41) is 4.17. The molecule has 4 heteroatoms. The Morgan fingerprint density at radius 3 is 2.80 bits per heavy atom. The van der Waals surface area contributed by atoms with Gasteiger partial charge in [-0.25, -0.2) is 0 Å². The molecule has 1 atom stereocenters. The lowest BCUT2D eigenvalue weighted by Gasteiger charge is -2.43. The number of ketones is 1. The van der Waals surface area contributed by atoms with E-state index in [0.29, 0.717) is 11.7 Å². The van der Waals surface area contributed by atoms with E-state index < -0.39 is 0 Å². The lowest BCUT2D eigenvalue weighted by Crippen LogP contribution is -2.56. The fraction of sp³-hybridized carbons (Fsp3) is 0.636. The zero-order valence-electron chi connectivity index (χ0n) is 8.67. The van der Waals surface area contributed by atoms with Crippen LogP contribution >= 0.6 is 0 Å². The third-order valence-electron chi connectivity index (χ3n) is 3.62. The first kappa shape index (κ1) is 9.09. The van der Waals surface area contributed by atoms with E-state index in [2.05, 4.69) is 10.00 Å². The quantitative estimate of drug-likeness (QED) is 0.707. The monoisotopic (exact) mass is 205 g/mol. The standard InChI is InChI=1S/C11H15N3O/c15-11-9-2-6-13(7-3-9)10(11)8-14-5-1-4-12-14/h1,4-5,9-10H,2-3,6-8H2. The Morgan fingerprint density at radius 2 is 2.20 bits per heavy atom. The summed E-state index contributed by atoms with van der Waals surface area (Å²) < 4.78 is 1.86. The van der Waals surface area contributed by atoms with E-state index >= 15 is 0 Å². The second kappa shape index (κ2) is 3.45. The van der Waals surface area contributed by atoms with E-state index in [1.807, 2.05) is 16.9 Å². The molecule has 3 saturated heterocycles. The average Bonchev–Trinajstić information content (AvgIpc) is 2.77. The van der Waals surface area contributed by atoms with Crippen molar-refractivity contribution in [1.29, 1.82) is 0 Å². The number of Topliss-reactive ketones (excluding diaryl/α,β-unsaturated/α-hetero) is 1. The predicted octanol–water partition coefficient (Wildman–Crippen LogP) is 0.546. The highest BCUT2D eigenvalue weighted by atomic mass is 16.1. The van der Waals surface area contributed by atoms with Crippen LogP contribution in [0.15, 0.2) is 18.5 Å². The fourth-order valence-electron chi connectivity index (χ4n) is 2.74. The maximum absolute atomic E-state index is 12.0. The van der Waals surface area contributed by atoms with Gasteiger partial charge in [-0.3, -0.25) is 14.4 Å². The van der Waals surface area contributed by atoms with Crippen molar-refractivity contribution in [1.82, 2.24) is 14.7 Å². The van der Waals surface area contributed by atoms with Crippen LogP contribution in [0.1, 0.15) is 12.8 Å². The highest BCUT2D eigenvalue weighted by Crippen LogP contribution is 2.29. The number of piperidine rings is 3. The first-order valence-corrected chi connectivity index (χ1v) is 5.60. The number of rotatable bonds is 2. The predicted molar refractivity (Wildman–Crippen MR) is 55.3 cm³/mol. The number of carbonyl (C=O) groups excluding carboxylic acids is 1. The van der Waals surface area contributed by atoms with Crippen LogP contribution in [-0.4, -0.2) is 39.6 Å². The third kappa shape index (κ3) is 1.49. The highest BCUT2D eigenvalue weighted by molar-refractivity contribution is 5.87. The third-order valence-corrected chi connectivity index (χ3v) is 3.62. The van der Waals surface area contributed by atoms with Crippen LogP contribution in [-0.2, 0) is 11.3 Å². The molecule has 3 aliphatic heterocycles. The lowest BCUT2D eigenvalue weighted by molar-refractivity contribution is -0.137. The van der Waals surface area contributed by atoms with Crippen molar-refractivity contribution in [2.45, 2.75) is 25.4 Å². The summed E-state index contributed by atoms with van der Waals surface area (Å²) in [4.78, 5) is 14.3. The van der Waals surface area contributed by atoms with Crippen molar-refractivity contribution in [3.63, 3.8) is 0 Å². The van der Waals surface area contributed by atoms with Gasteiger partial charge in [-0.1, -0.05) is 0 Å². The summed E-state index contributed by atoms with van der Waals surface area (Å²) in [6.45, 7) is 2.90. The Balaban J connectivity index is 1.78. The summed E-state index contributed by atoms with van der Waals surface area (Å²) in [6, 6.07) is 1.98. The molecule has 4 rings (SSSR count). The molecular weight excluding hydrogens is 190 g/mol. The van der Waals surface area contributed by atoms with Crippen LogP contribution in [0.2, 0.25) is 0 Å². The van der Waals surface area contributed by atoms with Crippen molar-refractivity contribution in [3.05, 3.63) is 18.5 Å². The molecule has 0 N–H and O–H groups in total. The Kier molecular flexibility index (Phi) is 2.09. The summed E-state index contributed by atoms with van der Waals surface area (Å²) >= 11 is 0. The Morgan fingerprint density at radius 1 is 1.40 bits per heavy atom. The zero-order chi connectivity index (χ0) is 10.3. The Hall–Kier alpha value is -1.16. The lowest BCUT2D eigenvalue weighted by atomic mass is 9.82. The molecule has 3 aliphatic rings. The molecule has 4 heterocycles. The fourth-order valence-corrected chi connectivity index (χ4v) is 2.74. The smallest absolute Gasteiger partial charge is 0.155 e. The average molecular weight is 205 g/mol. The molecule has 0 radical (unpaired) electrons. The van der Waals surface area contributed by atoms with E-state index in [0.717, 1.165) is 32.5 Å². The summed E-state index contributed by atoms with van der Waals surface area (Å²) in [5.41, 5.74) is 0. The van der Waals surface area contributed by atoms with Crippen molar-refractivity contribution in [2.75, 3.05) is 13.1 Å². The largest absolute Gasteiger partial charge is 0.298 e. The van der Waals surface area contributed by atoms with Crippen LogP contribution in [0.3, 0.4) is 0 Å². The summed E-state index contributed by atoms with van der Waals surface area (Å²) in [7, 11) is 0. The SMILES string of the molecule is O=C1C2CCN(CC2)C1Cn1cccn1. The number of hydrogen-bond donors (Lipinski definition) is 0. The van der Waals surface area contributed by atoms with E-state index in [1.165, 1.54) is 0 Å². The maximum Gasteiger partial charge on any atom is 0.155 e. The molecule has 0 aliphatic carbocycles. The second-order valence-electron chi connectivity index (χ2n) is 4.46. The van der Waals surface area contributed by atoms with Gasteiger partial charge in [0.2, 0.25) is 0 Å². The molecule has 3 fully saturated rings. The molecule has 4 nitrogen and oxygen atoms in total. The first-order valence-electron chi connectivity index (χ1n) is 5.60. The number of carbonyl (C=O) groups is 1. The molecule has 80 valence electrons. The van der Waals surface area contributed by atoms with Crippen LogP contribution in [0.5, 0.6) is 0 Å². The summed E-state index contributed by atoms with van der Waals surface area (Å²) in [5.74, 6) is 0.763. The summed E-state index contributed by atoms with van der Waals surface area (Å²) in [6.07, 6.45) is 5.82. The van der Waals surface area contributed by atoms with Crippen LogP contribution < -0.4 is 0 Å². The van der Waals surface area contributed by atoms with E-state index in [9.17, 15) is 4.79 Å². The van der Waals surface area contributed by atoms with Gasteiger partial charge in [0.1, 0.15) is 0 Å². The zero-order valence-corrected chi connectivity index (χ0v) is 8.67. The Bertz CT molecular complexity index is 352. The van der Waals surface area contributed by atoms with Gasteiger partial charge in [0.15, 0.2) is 5.78 Å². The highest BCUT2D eigenvalue weighted by Gasteiger charge is 2.40. The second-order valence-corrected chi connectivity index (χ2v) is 4.46. The van der Waals surface area contributed by atoms with Gasteiger partial charge in [0.25, 0.3) is 0 Å². The minimum Gasteiger partial charge on any atom is -0.298 e. The molecule has 0 aromatic carbocycles. The van der Waals surface area contributed by atoms with Gasteiger partial charge in [-0.05, 0) is 32.0 Å². The van der Waals surface area contributed by atoms with Gasteiger partial charge < -0.3 is 0 Å². The molecule has 0 saturated carbocycles. The molecule has 1 aromatic heterocycles. The maximum atomic E-state index is 12.0. The molecule has 15 heavy (non-hydrogen) atoms. The van der Waals surface area contributed by atoms with E-state index in [4.69, 9.17) is 0 Å². The minimum absolute atomic E-state index is 0.0809. The van der Waals surface area contributed by atoms with Crippen LogP contribution in [0, 0.1) is 5.92 Å². The van der Waals surface area contributed by atoms with Crippen molar-refractivity contribution < 1.29 is 4.79 Å². The minimum atomic E-state index is 0.0809. The topological polar surface area (TPSA) is 38.1 Å². The van der Waals surface area contributed by atoms with Crippen molar-refractivity contribution >= 4 is 5.78 Å². The van der Waals surface area contributed by atoms with Gasteiger partial charge >= 0.3 is 0 Å². The number of nitrogens with zero attached hydrogens (tertiary/aromatic N) is 3. The van der Waals surface area contributed by atoms with E-state index in [1.54, 1.807) is 6.20 Å². The van der Waals surface area contributed by atoms with Gasteiger partial charge in [-0.15, -0.1) is 0 Å². The number of fused-ring (bicyclic) bond motifs is 3. The number of aromatic nitrogens is 2. The Labute approximate surface area is 88.9 Å².